The molecule has 0 saturated carbocycles. The van der Waals surface area contributed by atoms with E-state index in [2.05, 4.69) is 10.2 Å². The normalized spacial score (nSPS) is 14.8. The van der Waals surface area contributed by atoms with Crippen LogP contribution in [0.2, 0.25) is 5.02 Å². The van der Waals surface area contributed by atoms with Gasteiger partial charge >= 0.3 is 5.97 Å². The van der Waals surface area contributed by atoms with Gasteiger partial charge in [0.2, 0.25) is 10.0 Å². The smallest absolute Gasteiger partial charge is 0.337 e. The maximum absolute atomic E-state index is 12.8. The summed E-state index contributed by atoms with van der Waals surface area (Å²) < 4.78 is 31.9. The minimum absolute atomic E-state index is 0.282. The number of hydrogen-bond donors (Lipinski definition) is 1. The average molecular weight is 528 g/mol. The molecule has 10 heteroatoms. The Morgan fingerprint density at radius 3 is 2.19 bits per heavy atom. The first kappa shape index (κ1) is 25.8. The second-order valence-corrected chi connectivity index (χ2v) is 10.7. The Morgan fingerprint density at radius 1 is 0.917 bits per heavy atom. The summed E-state index contributed by atoms with van der Waals surface area (Å²) in [5.74, 6) is -0.879. The number of rotatable bonds is 7. The van der Waals surface area contributed by atoms with Gasteiger partial charge in [-0.1, -0.05) is 41.9 Å². The van der Waals surface area contributed by atoms with Gasteiger partial charge in [-0.2, -0.15) is 4.31 Å². The van der Waals surface area contributed by atoms with E-state index in [1.54, 1.807) is 42.5 Å². The molecule has 1 amide bonds. The highest BCUT2D eigenvalue weighted by molar-refractivity contribution is 7.89. The number of ether oxygens (including phenoxy) is 1. The number of esters is 1. The lowest BCUT2D eigenvalue weighted by Crippen LogP contribution is -2.48. The van der Waals surface area contributed by atoms with E-state index in [0.717, 1.165) is 5.56 Å². The van der Waals surface area contributed by atoms with Gasteiger partial charge in [-0.15, -0.1) is 0 Å². The first-order valence-corrected chi connectivity index (χ1v) is 13.2. The second-order valence-electron chi connectivity index (χ2n) is 8.33. The number of benzene rings is 3. The van der Waals surface area contributed by atoms with E-state index < -0.39 is 16.0 Å². The van der Waals surface area contributed by atoms with Crippen molar-refractivity contribution in [1.29, 1.82) is 0 Å². The second kappa shape index (κ2) is 11.2. The van der Waals surface area contributed by atoms with Crippen LogP contribution in [0.15, 0.2) is 77.7 Å². The molecule has 1 fully saturated rings. The fourth-order valence-electron chi connectivity index (χ4n) is 3.95. The number of anilines is 1. The number of sulfonamides is 1. The maximum Gasteiger partial charge on any atom is 0.337 e. The van der Waals surface area contributed by atoms with Gasteiger partial charge in [0, 0.05) is 38.3 Å². The molecule has 188 valence electrons. The van der Waals surface area contributed by atoms with Crippen LogP contribution in [0.3, 0.4) is 0 Å². The van der Waals surface area contributed by atoms with E-state index in [4.69, 9.17) is 16.3 Å². The third kappa shape index (κ3) is 5.93. The Labute approximate surface area is 215 Å². The molecule has 1 aliphatic rings. The third-order valence-corrected chi connectivity index (χ3v) is 8.21. The van der Waals surface area contributed by atoms with Crippen molar-refractivity contribution in [2.75, 3.05) is 38.6 Å². The Morgan fingerprint density at radius 2 is 1.56 bits per heavy atom. The molecular formula is C26H26ClN3O5S. The summed E-state index contributed by atoms with van der Waals surface area (Å²) in [7, 11) is -2.20. The number of methoxy groups -OCH3 is 1. The van der Waals surface area contributed by atoms with Crippen LogP contribution in [0.1, 0.15) is 26.3 Å². The topological polar surface area (TPSA) is 96.0 Å². The predicted octanol–water partition coefficient (Wildman–Crippen LogP) is 3.89. The minimum atomic E-state index is -3.48. The van der Waals surface area contributed by atoms with Crippen LogP contribution in [0.4, 0.5) is 5.69 Å². The summed E-state index contributed by atoms with van der Waals surface area (Å²) in [5, 5.41) is 3.03. The number of halogens is 1. The van der Waals surface area contributed by atoms with Crippen molar-refractivity contribution in [3.8, 4) is 0 Å². The molecule has 0 aromatic heterocycles. The molecule has 8 nitrogen and oxygen atoms in total. The van der Waals surface area contributed by atoms with Crippen LogP contribution in [-0.4, -0.2) is 62.8 Å². The summed E-state index contributed by atoms with van der Waals surface area (Å²) in [6.07, 6.45) is 0. The number of carbonyl (C=O) groups is 2. The molecule has 0 aliphatic carbocycles. The number of nitrogens with one attached hydrogen (secondary N) is 1. The number of nitrogens with zero attached hydrogens (tertiary/aromatic N) is 2. The first-order valence-electron chi connectivity index (χ1n) is 11.3. The zero-order valence-corrected chi connectivity index (χ0v) is 21.3. The van der Waals surface area contributed by atoms with E-state index in [-0.39, 0.29) is 11.5 Å². The Kier molecular flexibility index (Phi) is 8.05. The van der Waals surface area contributed by atoms with Gasteiger partial charge < -0.3 is 10.1 Å². The molecule has 0 spiro atoms. The number of piperazine rings is 1. The van der Waals surface area contributed by atoms with Crippen molar-refractivity contribution in [2.24, 2.45) is 0 Å². The molecule has 1 heterocycles. The molecule has 3 aromatic carbocycles. The van der Waals surface area contributed by atoms with E-state index in [0.29, 0.717) is 53.9 Å². The van der Waals surface area contributed by atoms with Gasteiger partial charge in [-0.3, -0.25) is 9.69 Å². The van der Waals surface area contributed by atoms with E-state index in [1.807, 2.05) is 12.1 Å². The lowest BCUT2D eigenvalue weighted by molar-refractivity contribution is 0.0600. The highest BCUT2D eigenvalue weighted by Crippen LogP contribution is 2.24. The summed E-state index contributed by atoms with van der Waals surface area (Å²) in [6.45, 7) is 2.72. The number of carbonyl (C=O) groups excluding carboxylic acids is 2. The molecular weight excluding hydrogens is 502 g/mol. The Hall–Kier alpha value is -3.24. The highest BCUT2D eigenvalue weighted by Gasteiger charge is 2.28. The summed E-state index contributed by atoms with van der Waals surface area (Å²) in [6, 6.07) is 20.2. The fourth-order valence-corrected chi connectivity index (χ4v) is 5.56. The number of amides is 1. The fraction of sp³-hybridized carbons (Fsp3) is 0.231. The lowest BCUT2D eigenvalue weighted by Gasteiger charge is -2.34. The molecule has 1 aliphatic heterocycles. The average Bonchev–Trinajstić information content (AvgIpc) is 2.90. The van der Waals surface area contributed by atoms with Crippen LogP contribution >= 0.6 is 11.6 Å². The van der Waals surface area contributed by atoms with Gasteiger partial charge in [-0.05, 0) is 48.0 Å². The number of hydrogen-bond acceptors (Lipinski definition) is 6. The zero-order valence-electron chi connectivity index (χ0n) is 19.7. The molecule has 4 rings (SSSR count). The molecule has 3 aromatic rings. The van der Waals surface area contributed by atoms with Crippen LogP contribution < -0.4 is 5.32 Å². The van der Waals surface area contributed by atoms with Crippen molar-refractivity contribution in [2.45, 2.75) is 11.4 Å². The SMILES string of the molecule is COC(=O)c1ccc(Cl)c(NC(=O)c2ccc(CN3CCN(S(=O)(=O)c4ccccc4)CC3)cc2)c1. The standard InChI is InChI=1S/C26H26ClN3O5S/c1-35-26(32)21-11-12-23(27)24(17-21)28-25(31)20-9-7-19(8-10-20)18-29-13-15-30(16-14-29)36(33,34)22-5-3-2-4-6-22/h2-12,17H,13-16,18H2,1H3,(H,28,31). The minimum Gasteiger partial charge on any atom is -0.465 e. The van der Waals surface area contributed by atoms with Crippen molar-refractivity contribution in [1.82, 2.24) is 9.21 Å². The van der Waals surface area contributed by atoms with Crippen LogP contribution in [-0.2, 0) is 21.3 Å². The molecule has 0 radical (unpaired) electrons. The van der Waals surface area contributed by atoms with Crippen molar-refractivity contribution in [3.63, 3.8) is 0 Å². The van der Waals surface area contributed by atoms with E-state index >= 15 is 0 Å². The van der Waals surface area contributed by atoms with Gasteiger partial charge in [0.15, 0.2) is 0 Å². The molecule has 36 heavy (non-hydrogen) atoms. The van der Waals surface area contributed by atoms with Gasteiger partial charge in [0.1, 0.15) is 0 Å². The monoisotopic (exact) mass is 527 g/mol. The van der Waals surface area contributed by atoms with Crippen LogP contribution in [0.5, 0.6) is 0 Å². The molecule has 1 N–H and O–H groups in total. The van der Waals surface area contributed by atoms with Gasteiger partial charge in [0.05, 0.1) is 28.3 Å². The zero-order chi connectivity index (χ0) is 25.7. The summed E-state index contributed by atoms with van der Waals surface area (Å²) >= 11 is 6.17. The van der Waals surface area contributed by atoms with E-state index in [1.165, 1.54) is 29.6 Å². The van der Waals surface area contributed by atoms with Crippen molar-refractivity contribution in [3.05, 3.63) is 94.5 Å². The quantitative estimate of drug-likeness (QED) is 0.468. The van der Waals surface area contributed by atoms with Crippen LogP contribution in [0.25, 0.3) is 0 Å². The molecule has 1 saturated heterocycles. The summed E-state index contributed by atoms with van der Waals surface area (Å²) in [5.41, 5.74) is 2.05. The Balaban J connectivity index is 1.33. The maximum atomic E-state index is 12.8. The predicted molar refractivity (Wildman–Crippen MR) is 138 cm³/mol. The largest absolute Gasteiger partial charge is 0.465 e. The van der Waals surface area contributed by atoms with Crippen molar-refractivity contribution < 1.29 is 22.7 Å². The highest BCUT2D eigenvalue weighted by atomic mass is 35.5. The third-order valence-electron chi connectivity index (χ3n) is 5.97. The van der Waals surface area contributed by atoms with Crippen molar-refractivity contribution >= 4 is 39.2 Å². The van der Waals surface area contributed by atoms with Crippen LogP contribution in [0, 0.1) is 0 Å². The first-order chi connectivity index (χ1) is 17.3. The van der Waals surface area contributed by atoms with E-state index in [9.17, 15) is 18.0 Å². The molecule has 0 atom stereocenters. The Bertz CT molecular complexity index is 1340. The molecule has 0 bridgehead atoms. The molecule has 0 unspecified atom stereocenters. The lowest BCUT2D eigenvalue weighted by atomic mass is 10.1. The van der Waals surface area contributed by atoms with Gasteiger partial charge in [0.25, 0.3) is 5.91 Å². The van der Waals surface area contributed by atoms with Gasteiger partial charge in [-0.25, -0.2) is 13.2 Å². The summed E-state index contributed by atoms with van der Waals surface area (Å²) in [4.78, 5) is 27.0.